The Bertz CT molecular complexity index is 1120. The van der Waals surface area contributed by atoms with Crippen LogP contribution in [0.15, 0.2) is 54.6 Å². The molecule has 4 rings (SSSR count). The molecule has 200 valence electrons. The SMILES string of the molecule is CCc1nn(-c2ccccc2)c(Oc2ccccc2F)c1CN(CC(O)COC(C)C)CC1CCCO1. The van der Waals surface area contributed by atoms with Crippen LogP contribution in [0.1, 0.15) is 44.9 Å². The summed E-state index contributed by atoms with van der Waals surface area (Å²) in [5.74, 6) is 0.169. The van der Waals surface area contributed by atoms with E-state index in [1.165, 1.54) is 6.07 Å². The Balaban J connectivity index is 1.69. The summed E-state index contributed by atoms with van der Waals surface area (Å²) >= 11 is 0. The van der Waals surface area contributed by atoms with Gasteiger partial charge in [0, 0.05) is 26.2 Å². The molecular weight excluding hydrogens is 473 g/mol. The number of halogens is 1. The van der Waals surface area contributed by atoms with Gasteiger partial charge >= 0.3 is 0 Å². The number of rotatable bonds is 13. The van der Waals surface area contributed by atoms with E-state index in [9.17, 15) is 9.50 Å². The second-order valence-corrected chi connectivity index (χ2v) is 9.73. The molecule has 3 aromatic rings. The molecule has 1 aliphatic rings. The van der Waals surface area contributed by atoms with Crippen LogP contribution in [0.25, 0.3) is 5.69 Å². The molecule has 2 atom stereocenters. The summed E-state index contributed by atoms with van der Waals surface area (Å²) in [6.07, 6.45) is 2.17. The second kappa shape index (κ2) is 13.1. The first-order chi connectivity index (χ1) is 17.9. The molecule has 1 saturated heterocycles. The number of hydrogen-bond acceptors (Lipinski definition) is 6. The van der Waals surface area contributed by atoms with Crippen LogP contribution in [0.5, 0.6) is 11.6 Å². The molecule has 1 aromatic heterocycles. The molecule has 37 heavy (non-hydrogen) atoms. The van der Waals surface area contributed by atoms with Gasteiger partial charge in [-0.3, -0.25) is 4.90 Å². The molecule has 8 heteroatoms. The highest BCUT2D eigenvalue weighted by Gasteiger charge is 2.27. The number of benzene rings is 2. The highest BCUT2D eigenvalue weighted by atomic mass is 19.1. The van der Waals surface area contributed by atoms with Crippen molar-refractivity contribution in [2.75, 3.05) is 26.3 Å². The number of nitrogens with zero attached hydrogens (tertiary/aromatic N) is 3. The van der Waals surface area contributed by atoms with Gasteiger partial charge in [-0.2, -0.15) is 5.10 Å². The Labute approximate surface area is 218 Å². The predicted octanol–water partition coefficient (Wildman–Crippen LogP) is 5.13. The summed E-state index contributed by atoms with van der Waals surface area (Å²) < 4.78 is 34.2. The normalized spacial score (nSPS) is 16.6. The Morgan fingerprint density at radius 1 is 1.16 bits per heavy atom. The summed E-state index contributed by atoms with van der Waals surface area (Å²) in [5.41, 5.74) is 2.55. The van der Waals surface area contributed by atoms with Crippen molar-refractivity contribution in [3.8, 4) is 17.3 Å². The van der Waals surface area contributed by atoms with Crippen LogP contribution in [-0.4, -0.2) is 64.4 Å². The number of hydrogen-bond donors (Lipinski definition) is 1. The van der Waals surface area contributed by atoms with Crippen molar-refractivity contribution < 1.29 is 23.7 Å². The average Bonchev–Trinajstić information content (AvgIpc) is 3.52. The van der Waals surface area contributed by atoms with Crippen LogP contribution in [0.2, 0.25) is 0 Å². The molecular formula is C29H38FN3O4. The topological polar surface area (TPSA) is 69.0 Å². The molecule has 0 spiro atoms. The van der Waals surface area contributed by atoms with E-state index >= 15 is 0 Å². The van der Waals surface area contributed by atoms with E-state index in [0.29, 0.717) is 31.9 Å². The molecule has 0 amide bonds. The highest BCUT2D eigenvalue weighted by molar-refractivity contribution is 5.44. The number of aliphatic hydroxyl groups is 1. The van der Waals surface area contributed by atoms with E-state index in [1.54, 1.807) is 22.9 Å². The van der Waals surface area contributed by atoms with E-state index in [2.05, 4.69) is 4.90 Å². The van der Waals surface area contributed by atoms with Gasteiger partial charge in [-0.05, 0) is 57.4 Å². The monoisotopic (exact) mass is 511 g/mol. The first-order valence-electron chi connectivity index (χ1n) is 13.2. The standard InChI is InChI=1S/C29H38FN3O4/c1-4-27-25(19-32(18-24-13-10-16-35-24)17-23(34)20-36-21(2)3)29(37-28-15-9-8-14-26(28)30)33(31-27)22-11-6-5-7-12-22/h5-9,11-12,14-15,21,23-24,34H,4,10,13,16-20H2,1-3H3. The van der Waals surface area contributed by atoms with E-state index in [4.69, 9.17) is 19.3 Å². The van der Waals surface area contributed by atoms with Crippen molar-refractivity contribution in [3.05, 3.63) is 71.7 Å². The molecule has 1 fully saturated rings. The number of para-hydroxylation sites is 2. The van der Waals surface area contributed by atoms with Crippen LogP contribution in [0.4, 0.5) is 4.39 Å². The molecule has 0 aliphatic carbocycles. The van der Waals surface area contributed by atoms with Crippen molar-refractivity contribution in [1.82, 2.24) is 14.7 Å². The van der Waals surface area contributed by atoms with Gasteiger partial charge in [0.25, 0.3) is 0 Å². The predicted molar refractivity (Wildman–Crippen MR) is 141 cm³/mol. The zero-order valence-electron chi connectivity index (χ0n) is 22.0. The number of ether oxygens (including phenoxy) is 3. The largest absolute Gasteiger partial charge is 0.435 e. The van der Waals surface area contributed by atoms with Crippen LogP contribution in [0, 0.1) is 5.82 Å². The summed E-state index contributed by atoms with van der Waals surface area (Å²) in [6.45, 7) is 8.50. The fourth-order valence-electron chi connectivity index (χ4n) is 4.56. The van der Waals surface area contributed by atoms with Gasteiger partial charge in [0.1, 0.15) is 0 Å². The Kier molecular flexibility index (Phi) is 9.68. The lowest BCUT2D eigenvalue weighted by Gasteiger charge is -2.28. The third-order valence-corrected chi connectivity index (χ3v) is 6.36. The summed E-state index contributed by atoms with van der Waals surface area (Å²) in [4.78, 5) is 2.17. The lowest BCUT2D eigenvalue weighted by atomic mass is 10.1. The minimum Gasteiger partial charge on any atom is -0.435 e. The van der Waals surface area contributed by atoms with Crippen LogP contribution >= 0.6 is 0 Å². The zero-order valence-corrected chi connectivity index (χ0v) is 22.0. The van der Waals surface area contributed by atoms with Crippen LogP contribution in [0.3, 0.4) is 0 Å². The third-order valence-electron chi connectivity index (χ3n) is 6.36. The van der Waals surface area contributed by atoms with Gasteiger partial charge < -0.3 is 19.3 Å². The lowest BCUT2D eigenvalue weighted by Crippen LogP contribution is -2.39. The van der Waals surface area contributed by atoms with Gasteiger partial charge in [-0.25, -0.2) is 9.07 Å². The first-order valence-corrected chi connectivity index (χ1v) is 13.2. The molecule has 1 N–H and O–H groups in total. The third kappa shape index (κ3) is 7.38. The lowest BCUT2D eigenvalue weighted by molar-refractivity contribution is -0.0173. The first kappa shape index (κ1) is 27.3. The van der Waals surface area contributed by atoms with Crippen molar-refractivity contribution in [2.24, 2.45) is 0 Å². The van der Waals surface area contributed by atoms with Gasteiger partial charge in [0.15, 0.2) is 11.6 Å². The number of aromatic nitrogens is 2. The highest BCUT2D eigenvalue weighted by Crippen LogP contribution is 2.33. The molecule has 7 nitrogen and oxygen atoms in total. The fraction of sp³-hybridized carbons (Fsp3) is 0.483. The molecule has 2 aromatic carbocycles. The minimum absolute atomic E-state index is 0.0397. The van der Waals surface area contributed by atoms with Gasteiger partial charge in [-0.15, -0.1) is 0 Å². The summed E-state index contributed by atoms with van der Waals surface area (Å²) in [6, 6.07) is 16.1. The van der Waals surface area contributed by atoms with Gasteiger partial charge in [0.2, 0.25) is 5.88 Å². The van der Waals surface area contributed by atoms with Crippen LogP contribution in [-0.2, 0) is 22.4 Å². The molecule has 0 radical (unpaired) electrons. The average molecular weight is 512 g/mol. The fourth-order valence-corrected chi connectivity index (χ4v) is 4.56. The quantitative estimate of drug-likeness (QED) is 0.343. The van der Waals surface area contributed by atoms with Crippen molar-refractivity contribution in [3.63, 3.8) is 0 Å². The molecule has 2 unspecified atom stereocenters. The zero-order chi connectivity index (χ0) is 26.2. The Morgan fingerprint density at radius 3 is 2.59 bits per heavy atom. The number of aliphatic hydroxyl groups excluding tert-OH is 1. The van der Waals surface area contributed by atoms with Crippen molar-refractivity contribution in [2.45, 2.75) is 64.9 Å². The van der Waals surface area contributed by atoms with Crippen molar-refractivity contribution in [1.29, 1.82) is 0 Å². The van der Waals surface area contributed by atoms with Gasteiger partial charge in [-0.1, -0.05) is 37.3 Å². The molecule has 2 heterocycles. The molecule has 1 aliphatic heterocycles. The second-order valence-electron chi connectivity index (χ2n) is 9.73. The maximum atomic E-state index is 14.7. The summed E-state index contributed by atoms with van der Waals surface area (Å²) in [5, 5.41) is 15.6. The Morgan fingerprint density at radius 2 is 1.92 bits per heavy atom. The van der Waals surface area contributed by atoms with E-state index in [1.807, 2.05) is 51.1 Å². The molecule has 0 saturated carbocycles. The van der Waals surface area contributed by atoms with Crippen molar-refractivity contribution >= 4 is 0 Å². The number of aryl methyl sites for hydroxylation is 1. The van der Waals surface area contributed by atoms with E-state index < -0.39 is 11.9 Å². The minimum atomic E-state index is -0.658. The van der Waals surface area contributed by atoms with E-state index in [-0.39, 0.29) is 24.6 Å². The van der Waals surface area contributed by atoms with Crippen LogP contribution < -0.4 is 4.74 Å². The van der Waals surface area contributed by atoms with E-state index in [0.717, 1.165) is 36.4 Å². The maximum absolute atomic E-state index is 14.7. The van der Waals surface area contributed by atoms with Gasteiger partial charge in [0.05, 0.1) is 41.9 Å². The molecule has 0 bridgehead atoms. The Hall–Kier alpha value is -2.78. The smallest absolute Gasteiger partial charge is 0.227 e. The summed E-state index contributed by atoms with van der Waals surface area (Å²) in [7, 11) is 0. The maximum Gasteiger partial charge on any atom is 0.227 e.